The molecule has 0 radical (unpaired) electrons. The van der Waals surface area contributed by atoms with E-state index in [1.54, 1.807) is 18.2 Å². The Morgan fingerprint density at radius 3 is 2.36 bits per heavy atom. The molecule has 0 bridgehead atoms. The molecule has 1 aliphatic rings. The van der Waals surface area contributed by atoms with Crippen molar-refractivity contribution in [3.8, 4) is 0 Å². The molecule has 9 heteroatoms. The van der Waals surface area contributed by atoms with Crippen LogP contribution in [0.15, 0.2) is 47.4 Å². The summed E-state index contributed by atoms with van der Waals surface area (Å²) in [5.41, 5.74) is 1.02. The average Bonchev–Trinajstić information content (AvgIpc) is 2.68. The lowest BCUT2D eigenvalue weighted by Gasteiger charge is -2.36. The van der Waals surface area contributed by atoms with Gasteiger partial charge in [0, 0.05) is 43.4 Å². The number of hydrogen-bond acceptors (Lipinski definition) is 4. The highest BCUT2D eigenvalue weighted by Crippen LogP contribution is 2.24. The third-order valence-corrected chi connectivity index (χ3v) is 6.87. The molecule has 0 aromatic heterocycles. The van der Waals surface area contributed by atoms with Gasteiger partial charge in [-0.25, -0.2) is 17.5 Å². The van der Waals surface area contributed by atoms with Gasteiger partial charge in [-0.2, -0.15) is 0 Å². The van der Waals surface area contributed by atoms with Gasteiger partial charge in [0.2, 0.25) is 10.0 Å². The van der Waals surface area contributed by atoms with Crippen molar-refractivity contribution >= 4 is 38.9 Å². The van der Waals surface area contributed by atoms with Crippen LogP contribution in [0.3, 0.4) is 0 Å². The first-order valence-electron chi connectivity index (χ1n) is 9.03. The van der Waals surface area contributed by atoms with E-state index in [9.17, 15) is 12.8 Å². The number of hydrogen-bond donors (Lipinski definition) is 1. The molecule has 1 fully saturated rings. The normalized spacial score (nSPS) is 15.8. The maximum atomic E-state index is 13.0. The summed E-state index contributed by atoms with van der Waals surface area (Å²) < 4.78 is 40.4. The molecular weight excluding hydrogens is 424 g/mol. The summed E-state index contributed by atoms with van der Waals surface area (Å²) in [5, 5.41) is 0.470. The minimum Gasteiger partial charge on any atom is -0.369 e. The zero-order valence-electron chi connectivity index (χ0n) is 15.2. The van der Waals surface area contributed by atoms with Gasteiger partial charge in [0.25, 0.3) is 0 Å². The number of benzene rings is 2. The van der Waals surface area contributed by atoms with Crippen molar-refractivity contribution in [2.24, 2.45) is 0 Å². The first-order chi connectivity index (χ1) is 13.3. The summed E-state index contributed by atoms with van der Waals surface area (Å²) in [6, 6.07) is 10.9. The fraction of sp³-hybridized carbons (Fsp3) is 0.368. The number of rotatable bonds is 7. The first-order valence-corrected chi connectivity index (χ1v) is 11.3. The Morgan fingerprint density at radius 2 is 1.68 bits per heavy atom. The fourth-order valence-corrected chi connectivity index (χ4v) is 4.99. The molecule has 5 nitrogen and oxygen atoms in total. The minimum atomic E-state index is -3.69. The predicted octanol–water partition coefficient (Wildman–Crippen LogP) is 3.62. The molecule has 28 heavy (non-hydrogen) atoms. The van der Waals surface area contributed by atoms with Gasteiger partial charge < -0.3 is 4.90 Å². The molecule has 2 aromatic rings. The maximum absolute atomic E-state index is 13.0. The Labute approximate surface area is 175 Å². The van der Waals surface area contributed by atoms with Crippen LogP contribution in [0, 0.1) is 5.82 Å². The molecule has 3 rings (SSSR count). The summed E-state index contributed by atoms with van der Waals surface area (Å²) in [6.45, 7) is 4.59. The van der Waals surface area contributed by atoms with Crippen molar-refractivity contribution in [2.45, 2.75) is 11.3 Å². The number of anilines is 1. The quantitative estimate of drug-likeness (QED) is 0.661. The highest BCUT2D eigenvalue weighted by atomic mass is 35.5. The smallest absolute Gasteiger partial charge is 0.242 e. The van der Waals surface area contributed by atoms with Crippen LogP contribution in [0.2, 0.25) is 10.0 Å². The minimum absolute atomic E-state index is 0.00502. The largest absolute Gasteiger partial charge is 0.369 e. The van der Waals surface area contributed by atoms with Gasteiger partial charge in [-0.3, -0.25) is 4.90 Å². The molecule has 0 amide bonds. The van der Waals surface area contributed by atoms with Gasteiger partial charge in [-0.1, -0.05) is 23.2 Å². The second-order valence-electron chi connectivity index (χ2n) is 6.63. The maximum Gasteiger partial charge on any atom is 0.242 e. The van der Waals surface area contributed by atoms with Crippen LogP contribution < -0.4 is 9.62 Å². The van der Waals surface area contributed by atoms with Gasteiger partial charge in [0.1, 0.15) is 10.7 Å². The van der Waals surface area contributed by atoms with Gasteiger partial charge in [0.15, 0.2) is 0 Å². The van der Waals surface area contributed by atoms with Crippen LogP contribution >= 0.6 is 23.2 Å². The lowest BCUT2D eigenvalue weighted by atomic mass is 10.2. The van der Waals surface area contributed by atoms with E-state index in [-0.39, 0.29) is 15.7 Å². The van der Waals surface area contributed by atoms with Crippen molar-refractivity contribution in [1.82, 2.24) is 9.62 Å². The molecule has 2 aromatic carbocycles. The molecule has 1 heterocycles. The van der Waals surface area contributed by atoms with Crippen LogP contribution in [0.25, 0.3) is 0 Å². The Bertz CT molecular complexity index is 902. The lowest BCUT2D eigenvalue weighted by Crippen LogP contribution is -2.47. The topological polar surface area (TPSA) is 52.7 Å². The predicted molar refractivity (Wildman–Crippen MR) is 111 cm³/mol. The second kappa shape index (κ2) is 9.41. The Kier molecular flexibility index (Phi) is 7.17. The van der Waals surface area contributed by atoms with E-state index in [0.29, 0.717) is 18.0 Å². The van der Waals surface area contributed by atoms with Gasteiger partial charge in [0.05, 0.1) is 5.02 Å². The molecule has 152 valence electrons. The third kappa shape index (κ3) is 5.58. The monoisotopic (exact) mass is 445 g/mol. The summed E-state index contributed by atoms with van der Waals surface area (Å²) in [5.74, 6) is -0.233. The average molecular weight is 446 g/mol. The molecule has 0 unspecified atom stereocenters. The third-order valence-electron chi connectivity index (χ3n) is 4.69. The molecule has 0 spiro atoms. The van der Waals surface area contributed by atoms with E-state index in [1.165, 1.54) is 24.3 Å². The first kappa shape index (κ1) is 21.3. The molecule has 1 N–H and O–H groups in total. The Hall–Kier alpha value is -1.38. The lowest BCUT2D eigenvalue weighted by molar-refractivity contribution is 0.255. The van der Waals surface area contributed by atoms with Crippen LogP contribution in [0.1, 0.15) is 6.42 Å². The summed E-state index contributed by atoms with van der Waals surface area (Å²) in [4.78, 5) is 4.51. The summed E-state index contributed by atoms with van der Waals surface area (Å²) in [6.07, 6.45) is 0.688. The SMILES string of the molecule is O=S(=O)(NCCCN1CCN(c2ccc(F)cc2)CC1)c1cc(Cl)ccc1Cl. The van der Waals surface area contributed by atoms with E-state index in [0.717, 1.165) is 38.4 Å². The van der Waals surface area contributed by atoms with E-state index < -0.39 is 10.0 Å². The fourth-order valence-electron chi connectivity index (χ4n) is 3.15. The molecule has 1 saturated heterocycles. The number of nitrogens with one attached hydrogen (secondary N) is 1. The van der Waals surface area contributed by atoms with Crippen molar-refractivity contribution in [3.63, 3.8) is 0 Å². The number of halogens is 3. The number of sulfonamides is 1. The summed E-state index contributed by atoms with van der Waals surface area (Å²) >= 11 is 11.8. The number of piperazine rings is 1. The van der Waals surface area contributed by atoms with Crippen LogP contribution in [0.4, 0.5) is 10.1 Å². The molecule has 0 atom stereocenters. The molecular formula is C19H22Cl2FN3O2S. The van der Waals surface area contributed by atoms with Gasteiger partial charge >= 0.3 is 0 Å². The molecule has 0 saturated carbocycles. The zero-order chi connectivity index (χ0) is 20.1. The second-order valence-corrected chi connectivity index (χ2v) is 9.21. The highest BCUT2D eigenvalue weighted by Gasteiger charge is 2.19. The van der Waals surface area contributed by atoms with E-state index in [2.05, 4.69) is 14.5 Å². The van der Waals surface area contributed by atoms with E-state index in [4.69, 9.17) is 23.2 Å². The van der Waals surface area contributed by atoms with E-state index in [1.807, 2.05) is 0 Å². The van der Waals surface area contributed by atoms with Crippen molar-refractivity contribution < 1.29 is 12.8 Å². The number of nitrogens with zero attached hydrogens (tertiary/aromatic N) is 2. The van der Waals surface area contributed by atoms with Crippen molar-refractivity contribution in [1.29, 1.82) is 0 Å². The standard InChI is InChI=1S/C19H22Cl2FN3O2S/c20-15-2-7-18(21)19(14-15)28(26,27)23-8-1-9-24-10-12-25(13-11-24)17-5-3-16(22)4-6-17/h2-7,14,23H,1,8-13H2. The van der Waals surface area contributed by atoms with E-state index >= 15 is 0 Å². The zero-order valence-corrected chi connectivity index (χ0v) is 17.6. The molecule has 0 aliphatic carbocycles. The van der Waals surface area contributed by atoms with Crippen molar-refractivity contribution in [3.05, 3.63) is 58.3 Å². The Morgan fingerprint density at radius 1 is 1.00 bits per heavy atom. The van der Waals surface area contributed by atoms with Crippen LogP contribution in [-0.2, 0) is 10.0 Å². The van der Waals surface area contributed by atoms with Crippen LogP contribution in [-0.4, -0.2) is 52.6 Å². The van der Waals surface area contributed by atoms with Crippen molar-refractivity contribution in [2.75, 3.05) is 44.2 Å². The van der Waals surface area contributed by atoms with Gasteiger partial charge in [-0.15, -0.1) is 0 Å². The summed E-state index contributed by atoms with van der Waals surface area (Å²) in [7, 11) is -3.69. The highest BCUT2D eigenvalue weighted by molar-refractivity contribution is 7.89. The molecule has 1 aliphatic heterocycles. The Balaban J connectivity index is 1.42. The van der Waals surface area contributed by atoms with Gasteiger partial charge in [-0.05, 0) is 55.4 Å². The van der Waals surface area contributed by atoms with Crippen LogP contribution in [0.5, 0.6) is 0 Å².